The van der Waals surface area contributed by atoms with Gasteiger partial charge in [0.25, 0.3) is 0 Å². The van der Waals surface area contributed by atoms with Crippen LogP contribution in [0.25, 0.3) is 0 Å². The molecule has 0 radical (unpaired) electrons. The first-order valence-corrected chi connectivity index (χ1v) is 4.14. The van der Waals surface area contributed by atoms with Gasteiger partial charge in [-0.15, -0.1) is 34.0 Å². The summed E-state index contributed by atoms with van der Waals surface area (Å²) in [5.74, 6) is 0. The molecule has 2 rings (SSSR count). The molecule has 0 amide bonds. The third-order valence-corrected chi connectivity index (χ3v) is 2.15. The van der Waals surface area contributed by atoms with Gasteiger partial charge in [-0.25, -0.2) is 0 Å². The summed E-state index contributed by atoms with van der Waals surface area (Å²) in [6, 6.07) is 0. The van der Waals surface area contributed by atoms with E-state index < -0.39 is 0 Å². The van der Waals surface area contributed by atoms with E-state index in [-0.39, 0.29) is 59.8 Å². The van der Waals surface area contributed by atoms with Gasteiger partial charge in [0.05, 0.1) is 0 Å². The summed E-state index contributed by atoms with van der Waals surface area (Å²) < 4.78 is 0. The summed E-state index contributed by atoms with van der Waals surface area (Å²) in [5.41, 5.74) is 3.11. The van der Waals surface area contributed by atoms with Gasteiger partial charge < -0.3 is 0 Å². The maximum absolute atomic E-state index is 2.24. The zero-order chi connectivity index (χ0) is 7.52. The first-order valence-electron chi connectivity index (χ1n) is 4.14. The largest absolute Gasteiger partial charge is 0.114 e. The fourth-order valence-corrected chi connectivity index (χ4v) is 1.54. The van der Waals surface area contributed by atoms with E-state index >= 15 is 0 Å². The molecule has 76 valence electrons. The zero-order valence-electron chi connectivity index (χ0n) is 7.90. The zero-order valence-corrected chi connectivity index (χ0v) is 14.9. The molecule has 0 unspecified atom stereocenters. The summed E-state index contributed by atoms with van der Waals surface area (Å²) in [4.78, 5) is 0. The standard InChI is InChI=1S/C11H12.2BrH.Hf/c1-2-6-10(5-1)9-11-7-3-4-8-11;;;/h1-5,7H,6,8-9H2;2*1H;. The molecule has 0 aromatic carbocycles. The van der Waals surface area contributed by atoms with E-state index in [0.717, 1.165) is 12.8 Å². The van der Waals surface area contributed by atoms with Crippen molar-refractivity contribution in [1.82, 2.24) is 0 Å². The van der Waals surface area contributed by atoms with Crippen molar-refractivity contribution >= 4 is 34.0 Å². The Balaban J connectivity index is 0. The molecule has 2 aliphatic carbocycles. The second-order valence-corrected chi connectivity index (χ2v) is 3.09. The van der Waals surface area contributed by atoms with E-state index in [1.807, 2.05) is 0 Å². The quantitative estimate of drug-likeness (QED) is 0.513. The number of rotatable bonds is 2. The molecule has 0 fully saturated rings. The van der Waals surface area contributed by atoms with Gasteiger partial charge in [0.1, 0.15) is 0 Å². The molecular weight excluding hydrogens is 470 g/mol. The van der Waals surface area contributed by atoms with E-state index in [4.69, 9.17) is 0 Å². The monoisotopic (exact) mass is 484 g/mol. The van der Waals surface area contributed by atoms with Crippen LogP contribution in [0.4, 0.5) is 0 Å². The van der Waals surface area contributed by atoms with Crippen LogP contribution in [0, 0.1) is 0 Å². The van der Waals surface area contributed by atoms with Crippen molar-refractivity contribution in [3.05, 3.63) is 47.6 Å². The van der Waals surface area contributed by atoms with Crippen molar-refractivity contribution < 1.29 is 25.8 Å². The average molecular weight is 485 g/mol. The van der Waals surface area contributed by atoms with Gasteiger partial charge in [-0.3, -0.25) is 0 Å². The predicted octanol–water partition coefficient (Wildman–Crippen LogP) is 4.30. The Kier molecular flexibility index (Phi) is 11.1. The van der Waals surface area contributed by atoms with Gasteiger partial charge in [-0.05, 0) is 19.3 Å². The molecule has 2 aliphatic rings. The average Bonchev–Trinajstić information content (AvgIpc) is 2.60. The molecular formula is C11H14Br2Hf. The molecule has 0 saturated carbocycles. The Morgan fingerprint density at radius 3 is 1.57 bits per heavy atom. The molecule has 0 spiro atoms. The van der Waals surface area contributed by atoms with E-state index in [9.17, 15) is 0 Å². The molecule has 0 heterocycles. The molecule has 3 heteroatoms. The molecule has 0 bridgehead atoms. The van der Waals surface area contributed by atoms with Crippen molar-refractivity contribution in [1.29, 1.82) is 0 Å². The Morgan fingerprint density at radius 1 is 0.857 bits per heavy atom. The first-order chi connectivity index (χ1) is 5.45. The molecule has 0 atom stereocenters. The van der Waals surface area contributed by atoms with E-state index in [0.29, 0.717) is 0 Å². The minimum Gasteiger partial charge on any atom is -0.114 e. The van der Waals surface area contributed by atoms with Gasteiger partial charge >= 0.3 is 0 Å². The van der Waals surface area contributed by atoms with Crippen LogP contribution in [0.5, 0.6) is 0 Å². The van der Waals surface area contributed by atoms with Crippen molar-refractivity contribution in [3.8, 4) is 0 Å². The smallest absolute Gasteiger partial charge is 0 e. The third kappa shape index (κ3) is 5.04. The summed E-state index contributed by atoms with van der Waals surface area (Å²) in [7, 11) is 0. The maximum atomic E-state index is 2.24. The summed E-state index contributed by atoms with van der Waals surface area (Å²) >= 11 is 0. The molecule has 0 aromatic heterocycles. The van der Waals surface area contributed by atoms with Gasteiger partial charge in [0.15, 0.2) is 0 Å². The first kappa shape index (κ1) is 17.2. The second kappa shape index (κ2) is 9.05. The van der Waals surface area contributed by atoms with Crippen LogP contribution in [0.1, 0.15) is 19.3 Å². The Hall–Kier alpha value is 0.790. The normalized spacial score (nSPS) is 16.3. The predicted molar refractivity (Wildman–Crippen MR) is 68.9 cm³/mol. The van der Waals surface area contributed by atoms with Crippen LogP contribution in [0.2, 0.25) is 0 Å². The van der Waals surface area contributed by atoms with Crippen molar-refractivity contribution in [2.75, 3.05) is 0 Å². The van der Waals surface area contributed by atoms with Crippen LogP contribution >= 0.6 is 34.0 Å². The van der Waals surface area contributed by atoms with Crippen LogP contribution in [-0.4, -0.2) is 0 Å². The van der Waals surface area contributed by atoms with E-state index in [1.54, 1.807) is 11.1 Å². The third-order valence-electron chi connectivity index (χ3n) is 2.15. The molecule has 0 aliphatic heterocycles. The summed E-state index contributed by atoms with van der Waals surface area (Å²) in [5, 5.41) is 0. The van der Waals surface area contributed by atoms with Crippen LogP contribution < -0.4 is 0 Å². The Morgan fingerprint density at radius 2 is 1.29 bits per heavy atom. The number of halogens is 2. The van der Waals surface area contributed by atoms with E-state index in [1.165, 1.54) is 6.42 Å². The fraction of sp³-hybridized carbons (Fsp3) is 0.273. The van der Waals surface area contributed by atoms with Crippen LogP contribution in [0.15, 0.2) is 47.6 Å². The van der Waals surface area contributed by atoms with Crippen molar-refractivity contribution in [3.63, 3.8) is 0 Å². The van der Waals surface area contributed by atoms with Crippen molar-refractivity contribution in [2.45, 2.75) is 19.3 Å². The molecule has 0 N–H and O–H groups in total. The fourth-order valence-electron chi connectivity index (χ4n) is 1.54. The number of allylic oxidation sites excluding steroid dienone is 8. The Labute approximate surface area is 126 Å². The summed E-state index contributed by atoms with van der Waals surface area (Å²) in [6.45, 7) is 0. The maximum Gasteiger partial charge on any atom is 0 e. The van der Waals surface area contributed by atoms with Gasteiger partial charge in [-0.1, -0.05) is 47.6 Å². The molecule has 0 nitrogen and oxygen atoms in total. The van der Waals surface area contributed by atoms with Gasteiger partial charge in [0.2, 0.25) is 0 Å². The second-order valence-electron chi connectivity index (χ2n) is 3.09. The van der Waals surface area contributed by atoms with Crippen molar-refractivity contribution in [2.24, 2.45) is 0 Å². The molecule has 14 heavy (non-hydrogen) atoms. The molecule has 0 aromatic rings. The van der Waals surface area contributed by atoms with E-state index in [2.05, 4.69) is 36.5 Å². The molecule has 0 saturated heterocycles. The van der Waals surface area contributed by atoms with Crippen LogP contribution in [0.3, 0.4) is 0 Å². The van der Waals surface area contributed by atoms with Gasteiger partial charge in [-0.2, -0.15) is 0 Å². The van der Waals surface area contributed by atoms with Gasteiger partial charge in [0, 0.05) is 25.8 Å². The minimum atomic E-state index is 0. The van der Waals surface area contributed by atoms with Crippen LogP contribution in [-0.2, 0) is 25.8 Å². The topological polar surface area (TPSA) is 0 Å². The summed E-state index contributed by atoms with van der Waals surface area (Å²) in [6.07, 6.45) is 16.7. The Bertz CT molecular complexity index is 247. The SMILES string of the molecule is Br.Br.C1=CCC(CC2=CC=CC2)=C1.[Hf]. The minimum absolute atomic E-state index is 0. The number of hydrogen-bond acceptors (Lipinski definition) is 0. The number of hydrogen-bond donors (Lipinski definition) is 0.